The number of ether oxygens (including phenoxy) is 2. The Morgan fingerprint density at radius 3 is 2.53 bits per heavy atom. The quantitative estimate of drug-likeness (QED) is 0.549. The maximum atomic E-state index is 13.4. The fourth-order valence-electron chi connectivity index (χ4n) is 4.09. The molecule has 0 aliphatic carbocycles. The van der Waals surface area contributed by atoms with Crippen molar-refractivity contribution in [2.24, 2.45) is 0 Å². The summed E-state index contributed by atoms with van der Waals surface area (Å²) < 4.78 is 39.7. The number of nitrogens with zero attached hydrogens (tertiary/aromatic N) is 2. The lowest BCUT2D eigenvalue weighted by Gasteiger charge is -2.30. The molecule has 0 fully saturated rings. The van der Waals surface area contributed by atoms with Gasteiger partial charge in [0, 0.05) is 17.1 Å². The third kappa shape index (κ3) is 3.83. The fraction of sp³-hybridized carbons (Fsp3) is 0.375. The third-order valence-electron chi connectivity index (χ3n) is 5.57. The van der Waals surface area contributed by atoms with Crippen molar-refractivity contribution in [1.29, 1.82) is 0 Å². The van der Waals surface area contributed by atoms with E-state index in [1.807, 2.05) is 33.8 Å². The van der Waals surface area contributed by atoms with Crippen LogP contribution in [0.1, 0.15) is 44.9 Å². The Labute approximate surface area is 188 Å². The first kappa shape index (κ1) is 22.2. The lowest BCUT2D eigenvalue weighted by molar-refractivity contribution is 0.0168. The number of fused-ring (bicyclic) bond motifs is 3. The van der Waals surface area contributed by atoms with Crippen molar-refractivity contribution in [2.45, 2.75) is 51.2 Å². The second-order valence-corrected chi connectivity index (χ2v) is 10.8. The average molecular weight is 457 g/mol. The van der Waals surface area contributed by atoms with Gasteiger partial charge in [-0.3, -0.25) is 4.90 Å². The first-order valence-corrected chi connectivity index (χ1v) is 12.0. The molecule has 32 heavy (non-hydrogen) atoms. The third-order valence-corrected chi connectivity index (χ3v) is 7.42. The minimum Gasteiger partial charge on any atom is -0.491 e. The van der Waals surface area contributed by atoms with Crippen LogP contribution in [-0.4, -0.2) is 42.1 Å². The molecule has 4 rings (SSSR count). The highest BCUT2D eigenvalue weighted by Crippen LogP contribution is 2.39. The van der Waals surface area contributed by atoms with Crippen molar-refractivity contribution >= 4 is 27.0 Å². The van der Waals surface area contributed by atoms with E-state index < -0.39 is 21.7 Å². The van der Waals surface area contributed by atoms with Gasteiger partial charge in [-0.05, 0) is 64.4 Å². The molecule has 3 aromatic rings. The molecule has 1 unspecified atom stereocenters. The second-order valence-electron chi connectivity index (χ2n) is 8.99. The van der Waals surface area contributed by atoms with E-state index in [-0.39, 0.29) is 10.9 Å². The fourth-order valence-corrected chi connectivity index (χ4v) is 5.66. The number of aryl methyl sites for hydroxylation is 1. The van der Waals surface area contributed by atoms with Gasteiger partial charge in [-0.1, -0.05) is 18.2 Å². The Hall–Kier alpha value is -3.00. The standard InChI is InChI=1S/C24H28N2O5S/c1-16-8-6-7-9-21(16)32(28,29)26-13-12-18-19(26)10-11-20-22(18)17(2)25(14-15-30-20)23(27)31-24(3,4)5/h6-13,17H,14-15H2,1-5H3. The van der Waals surface area contributed by atoms with Crippen molar-refractivity contribution in [3.63, 3.8) is 0 Å². The molecule has 1 amide bonds. The molecule has 0 bridgehead atoms. The molecule has 170 valence electrons. The topological polar surface area (TPSA) is 77.8 Å². The molecule has 7 nitrogen and oxygen atoms in total. The van der Waals surface area contributed by atoms with Gasteiger partial charge in [0.25, 0.3) is 10.0 Å². The maximum Gasteiger partial charge on any atom is 0.410 e. The molecule has 2 aromatic carbocycles. The monoisotopic (exact) mass is 456 g/mol. The van der Waals surface area contributed by atoms with Crippen LogP contribution >= 0.6 is 0 Å². The lowest BCUT2D eigenvalue weighted by atomic mass is 10.0. The van der Waals surface area contributed by atoms with Crippen LogP contribution in [-0.2, 0) is 14.8 Å². The number of carbonyl (C=O) groups excluding carboxylic acids is 1. The molecular weight excluding hydrogens is 428 g/mol. The van der Waals surface area contributed by atoms with E-state index in [0.717, 1.165) is 10.9 Å². The van der Waals surface area contributed by atoms with Crippen LogP contribution in [0.15, 0.2) is 53.6 Å². The minimum absolute atomic E-state index is 0.257. The summed E-state index contributed by atoms with van der Waals surface area (Å²) in [5.41, 5.74) is 1.36. The highest BCUT2D eigenvalue weighted by atomic mass is 32.2. The van der Waals surface area contributed by atoms with Gasteiger partial charge >= 0.3 is 6.09 Å². The highest BCUT2D eigenvalue weighted by Gasteiger charge is 2.32. The van der Waals surface area contributed by atoms with Crippen molar-refractivity contribution in [3.05, 3.63) is 59.8 Å². The number of hydrogen-bond acceptors (Lipinski definition) is 5. The van der Waals surface area contributed by atoms with Crippen LogP contribution in [0.25, 0.3) is 10.9 Å². The normalized spacial score (nSPS) is 16.9. The summed E-state index contributed by atoms with van der Waals surface area (Å²) in [5, 5.41) is 0.725. The Bertz CT molecular complexity index is 1290. The zero-order chi connectivity index (χ0) is 23.3. The predicted molar refractivity (Wildman–Crippen MR) is 123 cm³/mol. The lowest BCUT2D eigenvalue weighted by Crippen LogP contribution is -2.39. The SMILES string of the molecule is Cc1ccccc1S(=O)(=O)n1ccc2c3c(ccc21)OCCN(C(=O)OC(C)(C)C)C3C. The van der Waals surface area contributed by atoms with Gasteiger partial charge in [-0.15, -0.1) is 0 Å². The average Bonchev–Trinajstić information content (AvgIpc) is 3.06. The number of rotatable bonds is 2. The van der Waals surface area contributed by atoms with Crippen LogP contribution in [0.5, 0.6) is 5.75 Å². The molecule has 8 heteroatoms. The number of hydrogen-bond donors (Lipinski definition) is 0. The van der Waals surface area contributed by atoms with E-state index in [9.17, 15) is 13.2 Å². The van der Waals surface area contributed by atoms with Gasteiger partial charge < -0.3 is 9.47 Å². The van der Waals surface area contributed by atoms with Gasteiger partial charge in [-0.25, -0.2) is 17.2 Å². The summed E-state index contributed by atoms with van der Waals surface area (Å²) in [6, 6.07) is 11.8. The summed E-state index contributed by atoms with van der Waals surface area (Å²) in [6.07, 6.45) is 1.13. The molecule has 0 spiro atoms. The van der Waals surface area contributed by atoms with Gasteiger partial charge in [-0.2, -0.15) is 0 Å². The van der Waals surface area contributed by atoms with E-state index in [1.165, 1.54) is 3.97 Å². The number of carbonyl (C=O) groups is 1. The van der Waals surface area contributed by atoms with Crippen molar-refractivity contribution in [3.8, 4) is 5.75 Å². The van der Waals surface area contributed by atoms with Crippen LogP contribution in [0.3, 0.4) is 0 Å². The first-order valence-electron chi connectivity index (χ1n) is 10.6. The highest BCUT2D eigenvalue weighted by molar-refractivity contribution is 7.90. The Balaban J connectivity index is 1.83. The van der Waals surface area contributed by atoms with Crippen LogP contribution in [0.2, 0.25) is 0 Å². The van der Waals surface area contributed by atoms with Crippen LogP contribution in [0.4, 0.5) is 4.79 Å². The summed E-state index contributed by atoms with van der Waals surface area (Å²) in [7, 11) is -3.79. The van der Waals surface area contributed by atoms with E-state index in [4.69, 9.17) is 9.47 Å². The van der Waals surface area contributed by atoms with Crippen molar-refractivity contribution in [1.82, 2.24) is 8.87 Å². The molecule has 1 aromatic heterocycles. The molecule has 0 radical (unpaired) electrons. The van der Waals surface area contributed by atoms with E-state index in [0.29, 0.717) is 30.0 Å². The molecule has 1 atom stereocenters. The van der Waals surface area contributed by atoms with Gasteiger partial charge in [0.15, 0.2) is 0 Å². The summed E-state index contributed by atoms with van der Waals surface area (Å²) >= 11 is 0. The van der Waals surface area contributed by atoms with Crippen LogP contribution in [0, 0.1) is 6.92 Å². The number of amides is 1. The van der Waals surface area contributed by atoms with E-state index in [2.05, 4.69) is 0 Å². The molecule has 0 N–H and O–H groups in total. The molecule has 1 aliphatic rings. The Morgan fingerprint density at radius 1 is 1.12 bits per heavy atom. The van der Waals surface area contributed by atoms with Gasteiger partial charge in [0.05, 0.1) is 23.0 Å². The smallest absolute Gasteiger partial charge is 0.410 e. The van der Waals surface area contributed by atoms with Crippen LogP contribution < -0.4 is 4.74 Å². The van der Waals surface area contributed by atoms with Gasteiger partial charge in [0.2, 0.25) is 0 Å². The second kappa shape index (κ2) is 7.85. The molecule has 2 heterocycles. The zero-order valence-corrected chi connectivity index (χ0v) is 19.8. The number of benzene rings is 2. The molecule has 1 aliphatic heterocycles. The predicted octanol–water partition coefficient (Wildman–Crippen LogP) is 4.88. The van der Waals surface area contributed by atoms with E-state index in [1.54, 1.807) is 54.4 Å². The van der Waals surface area contributed by atoms with Crippen molar-refractivity contribution < 1.29 is 22.7 Å². The summed E-state index contributed by atoms with van der Waals surface area (Å²) in [6.45, 7) is 9.85. The van der Waals surface area contributed by atoms with E-state index >= 15 is 0 Å². The molecule has 0 saturated carbocycles. The summed E-state index contributed by atoms with van der Waals surface area (Å²) in [4.78, 5) is 14.7. The minimum atomic E-state index is -3.79. The molecule has 0 saturated heterocycles. The zero-order valence-electron chi connectivity index (χ0n) is 19.0. The Morgan fingerprint density at radius 2 is 1.84 bits per heavy atom. The maximum absolute atomic E-state index is 13.4. The molecular formula is C24H28N2O5S. The Kier molecular flexibility index (Phi) is 5.45. The van der Waals surface area contributed by atoms with Crippen molar-refractivity contribution in [2.75, 3.05) is 13.2 Å². The number of aromatic nitrogens is 1. The first-order chi connectivity index (χ1) is 15.0. The largest absolute Gasteiger partial charge is 0.491 e. The summed E-state index contributed by atoms with van der Waals surface area (Å²) in [5.74, 6) is 0.641. The van der Waals surface area contributed by atoms with Gasteiger partial charge in [0.1, 0.15) is 18.0 Å².